The lowest BCUT2D eigenvalue weighted by Gasteiger charge is -2.24. The van der Waals surface area contributed by atoms with E-state index in [1.807, 2.05) is 5.20 Å². The van der Waals surface area contributed by atoms with Crippen molar-refractivity contribution in [3.63, 3.8) is 0 Å². The van der Waals surface area contributed by atoms with Crippen LogP contribution in [0.2, 0.25) is 19.6 Å². The van der Waals surface area contributed by atoms with Gasteiger partial charge in [-0.3, -0.25) is 0 Å². The molecule has 98 valence electrons. The minimum atomic E-state index is -1.14. The Balaban J connectivity index is 3.03. The third-order valence-electron chi connectivity index (χ3n) is 4.36. The Morgan fingerprint density at radius 2 is 1.59 bits per heavy atom. The molecule has 2 atom stereocenters. The zero-order valence-electron chi connectivity index (χ0n) is 12.9. The summed E-state index contributed by atoms with van der Waals surface area (Å²) in [7, 11) is -1.14. The summed E-state index contributed by atoms with van der Waals surface area (Å²) in [6.07, 6.45) is 6.38. The van der Waals surface area contributed by atoms with Crippen LogP contribution in [0, 0.1) is 11.8 Å². The molecule has 0 radical (unpaired) electrons. The zero-order valence-corrected chi connectivity index (χ0v) is 13.9. The van der Waals surface area contributed by atoms with Crippen LogP contribution in [-0.4, -0.2) is 8.07 Å². The predicted octanol–water partition coefficient (Wildman–Crippen LogP) is 5.58. The van der Waals surface area contributed by atoms with Crippen LogP contribution in [-0.2, 0) is 0 Å². The molecule has 0 heterocycles. The first-order valence-electron chi connectivity index (χ1n) is 7.25. The van der Waals surface area contributed by atoms with Gasteiger partial charge in [0.2, 0.25) is 0 Å². The van der Waals surface area contributed by atoms with Crippen molar-refractivity contribution >= 4 is 8.07 Å². The fourth-order valence-electron chi connectivity index (χ4n) is 2.58. The van der Waals surface area contributed by atoms with Crippen LogP contribution in [0.25, 0.3) is 0 Å². The third kappa shape index (κ3) is 3.34. The van der Waals surface area contributed by atoms with Gasteiger partial charge in [0, 0.05) is 0 Å². The second-order valence-electron chi connectivity index (χ2n) is 6.70. The van der Waals surface area contributed by atoms with Crippen LogP contribution >= 0.6 is 0 Å². The first-order valence-corrected chi connectivity index (χ1v) is 10.7. The van der Waals surface area contributed by atoms with E-state index in [1.54, 1.807) is 11.1 Å². The molecule has 2 unspecified atom stereocenters. The molecule has 0 aromatic rings. The van der Waals surface area contributed by atoms with Crippen molar-refractivity contribution in [2.45, 2.75) is 66.6 Å². The molecule has 1 heteroatoms. The normalized spacial score (nSPS) is 20.5. The van der Waals surface area contributed by atoms with E-state index in [4.69, 9.17) is 0 Å². The Hall–Kier alpha value is -0.303. The molecule has 0 spiro atoms. The number of hydrogen-bond acceptors (Lipinski definition) is 0. The Kier molecular flexibility index (Phi) is 4.83. The van der Waals surface area contributed by atoms with Gasteiger partial charge >= 0.3 is 0 Å². The number of hydrogen-bond donors (Lipinski definition) is 0. The smallest absolute Gasteiger partial charge is 0.0732 e. The average molecular weight is 251 g/mol. The number of allylic oxidation sites excluding steroid dienone is 4. The maximum Gasteiger partial charge on any atom is 0.0732 e. The van der Waals surface area contributed by atoms with Gasteiger partial charge < -0.3 is 0 Å². The van der Waals surface area contributed by atoms with Gasteiger partial charge in [-0.15, -0.1) is 0 Å². The van der Waals surface area contributed by atoms with Gasteiger partial charge in [0.25, 0.3) is 0 Å². The summed E-state index contributed by atoms with van der Waals surface area (Å²) in [4.78, 5) is 0. The van der Waals surface area contributed by atoms with Crippen LogP contribution < -0.4 is 0 Å². The van der Waals surface area contributed by atoms with E-state index in [-0.39, 0.29) is 0 Å². The second kappa shape index (κ2) is 5.56. The molecule has 1 aliphatic carbocycles. The quantitative estimate of drug-likeness (QED) is 0.559. The molecular formula is C16H30Si. The van der Waals surface area contributed by atoms with E-state index in [0.29, 0.717) is 0 Å². The first-order chi connectivity index (χ1) is 7.81. The molecular weight excluding hydrogens is 220 g/mol. The monoisotopic (exact) mass is 250 g/mol. The highest BCUT2D eigenvalue weighted by atomic mass is 28.3. The highest BCUT2D eigenvalue weighted by Crippen LogP contribution is 2.39. The lowest BCUT2D eigenvalue weighted by Crippen LogP contribution is -2.25. The van der Waals surface area contributed by atoms with Crippen molar-refractivity contribution in [2.75, 3.05) is 0 Å². The van der Waals surface area contributed by atoms with Crippen molar-refractivity contribution in [3.8, 4) is 0 Å². The molecule has 0 bridgehead atoms. The SMILES string of the molecule is CCC(C)C1=CC(C(C)CC)=C([Si](C)(C)C)C1. The maximum atomic E-state index is 2.55. The minimum absolute atomic E-state index is 0.748. The summed E-state index contributed by atoms with van der Waals surface area (Å²) in [5.74, 6) is 1.51. The van der Waals surface area contributed by atoms with E-state index in [1.165, 1.54) is 19.3 Å². The summed E-state index contributed by atoms with van der Waals surface area (Å²) < 4.78 is 0. The second-order valence-corrected chi connectivity index (χ2v) is 11.8. The molecule has 17 heavy (non-hydrogen) atoms. The largest absolute Gasteiger partial charge is 0.0737 e. The van der Waals surface area contributed by atoms with Crippen LogP contribution in [0.3, 0.4) is 0 Å². The van der Waals surface area contributed by atoms with E-state index in [9.17, 15) is 0 Å². The summed E-state index contributed by atoms with van der Waals surface area (Å²) in [5.41, 5.74) is 3.39. The van der Waals surface area contributed by atoms with Crippen LogP contribution in [0.15, 0.2) is 22.4 Å². The Bertz CT molecular complexity index is 328. The molecule has 0 aromatic heterocycles. The molecule has 1 aliphatic rings. The molecule has 1 rings (SSSR count). The van der Waals surface area contributed by atoms with Gasteiger partial charge in [-0.1, -0.05) is 64.2 Å². The molecule has 0 aromatic carbocycles. The van der Waals surface area contributed by atoms with Gasteiger partial charge in [0.05, 0.1) is 8.07 Å². The average Bonchev–Trinajstić information content (AvgIpc) is 2.71. The third-order valence-corrected chi connectivity index (χ3v) is 6.64. The highest BCUT2D eigenvalue weighted by Gasteiger charge is 2.30. The summed E-state index contributed by atoms with van der Waals surface area (Å²) >= 11 is 0. The standard InChI is InChI=1S/C16H30Si/c1-8-12(3)14-10-15(13(4)9-2)16(11-14)17(5,6)7/h10,12-13H,8-9,11H2,1-7H3. The lowest BCUT2D eigenvalue weighted by atomic mass is 9.96. The van der Waals surface area contributed by atoms with Crippen molar-refractivity contribution in [1.82, 2.24) is 0 Å². The molecule has 0 N–H and O–H groups in total. The molecule has 0 nitrogen and oxygen atoms in total. The number of rotatable bonds is 5. The van der Waals surface area contributed by atoms with Crippen molar-refractivity contribution in [3.05, 3.63) is 22.4 Å². The zero-order chi connectivity index (χ0) is 13.2. The van der Waals surface area contributed by atoms with Gasteiger partial charge in [-0.2, -0.15) is 0 Å². The topological polar surface area (TPSA) is 0 Å². The van der Waals surface area contributed by atoms with Crippen molar-refractivity contribution in [2.24, 2.45) is 11.8 Å². The van der Waals surface area contributed by atoms with Crippen molar-refractivity contribution in [1.29, 1.82) is 0 Å². The molecule has 0 saturated heterocycles. The Morgan fingerprint density at radius 1 is 1.06 bits per heavy atom. The van der Waals surface area contributed by atoms with E-state index >= 15 is 0 Å². The molecule has 0 saturated carbocycles. The summed E-state index contributed by atoms with van der Waals surface area (Å²) in [6.45, 7) is 16.9. The van der Waals surface area contributed by atoms with Crippen LogP contribution in [0.1, 0.15) is 47.0 Å². The van der Waals surface area contributed by atoms with Crippen LogP contribution in [0.5, 0.6) is 0 Å². The van der Waals surface area contributed by atoms with Gasteiger partial charge in [0.15, 0.2) is 0 Å². The van der Waals surface area contributed by atoms with E-state index in [0.717, 1.165) is 11.8 Å². The van der Waals surface area contributed by atoms with Crippen molar-refractivity contribution < 1.29 is 0 Å². The predicted molar refractivity (Wildman–Crippen MR) is 82.0 cm³/mol. The first kappa shape index (κ1) is 14.8. The fourth-order valence-corrected chi connectivity index (χ4v) is 4.50. The summed E-state index contributed by atoms with van der Waals surface area (Å²) in [6, 6.07) is 0. The van der Waals surface area contributed by atoms with E-state index in [2.05, 4.69) is 53.4 Å². The van der Waals surface area contributed by atoms with Crippen LogP contribution in [0.4, 0.5) is 0 Å². The fraction of sp³-hybridized carbons (Fsp3) is 0.750. The molecule has 0 fully saturated rings. The molecule has 0 amide bonds. The van der Waals surface area contributed by atoms with Gasteiger partial charge in [-0.25, -0.2) is 0 Å². The minimum Gasteiger partial charge on any atom is -0.0737 e. The Labute approximate surface area is 109 Å². The lowest BCUT2D eigenvalue weighted by molar-refractivity contribution is 0.643. The summed E-state index contributed by atoms with van der Waals surface area (Å²) in [5, 5.41) is 1.82. The van der Waals surface area contributed by atoms with Gasteiger partial charge in [-0.05, 0) is 36.7 Å². The highest BCUT2D eigenvalue weighted by molar-refractivity contribution is 6.83. The van der Waals surface area contributed by atoms with E-state index < -0.39 is 8.07 Å². The maximum absolute atomic E-state index is 2.55. The Morgan fingerprint density at radius 3 is 2.00 bits per heavy atom. The molecule has 0 aliphatic heterocycles. The van der Waals surface area contributed by atoms with Gasteiger partial charge in [0.1, 0.15) is 0 Å².